The molecule has 2 N–H and O–H groups in total. The predicted molar refractivity (Wildman–Crippen MR) is 157 cm³/mol. The maximum absolute atomic E-state index is 9.73. The molecule has 206 valence electrons. The zero-order chi connectivity index (χ0) is 25.2. The van der Waals surface area contributed by atoms with Gasteiger partial charge in [-0.1, -0.05) is 167 Å². The Balaban J connectivity index is 1.67. The lowest BCUT2D eigenvalue weighted by Gasteiger charge is -2.13. The number of unbranched alkanes of at least 4 members (excludes halogenated alkanes) is 23. The Bertz CT molecular complexity index is 490. The molecule has 0 aliphatic carbocycles. The second kappa shape index (κ2) is 24.8. The van der Waals surface area contributed by atoms with Crippen LogP contribution in [0, 0.1) is 0 Å². The van der Waals surface area contributed by atoms with Crippen LogP contribution in [-0.2, 0) is 0 Å². The number of aliphatic imine (C=N–C) groups is 1. The van der Waals surface area contributed by atoms with Gasteiger partial charge >= 0.3 is 0 Å². The molecule has 0 radical (unpaired) electrons. The van der Waals surface area contributed by atoms with E-state index in [-0.39, 0.29) is 0 Å². The second-order valence-electron chi connectivity index (χ2n) is 11.2. The normalized spacial score (nSPS) is 16.3. The van der Waals surface area contributed by atoms with Crippen LogP contribution in [-0.4, -0.2) is 29.6 Å². The van der Waals surface area contributed by atoms with Crippen molar-refractivity contribution in [2.45, 2.75) is 180 Å². The number of hydrogen-bond donors (Lipinski definition) is 2. The summed E-state index contributed by atoms with van der Waals surface area (Å²) in [6, 6.07) is 0.416. The lowest BCUT2D eigenvalue weighted by atomic mass is 10.0. The molecule has 1 heterocycles. The molecule has 1 rings (SSSR count). The third-order valence-corrected chi connectivity index (χ3v) is 7.74. The highest BCUT2D eigenvalue weighted by Gasteiger charge is 2.20. The van der Waals surface area contributed by atoms with Gasteiger partial charge < -0.3 is 10.4 Å². The molecule has 0 spiro atoms. The van der Waals surface area contributed by atoms with E-state index in [0.29, 0.717) is 11.9 Å². The molecule has 0 saturated heterocycles. The Morgan fingerprint density at radius 3 is 1.37 bits per heavy atom. The van der Waals surface area contributed by atoms with E-state index in [1.54, 1.807) is 0 Å². The van der Waals surface area contributed by atoms with E-state index in [1.165, 1.54) is 160 Å². The van der Waals surface area contributed by atoms with Crippen LogP contribution in [0.15, 0.2) is 17.6 Å². The second-order valence-corrected chi connectivity index (χ2v) is 11.2. The fraction of sp³-hybridized carbons (Fsp3) is 0.906. The minimum absolute atomic E-state index is 0.416. The van der Waals surface area contributed by atoms with E-state index in [9.17, 15) is 5.11 Å². The molecule has 3 nitrogen and oxygen atoms in total. The van der Waals surface area contributed by atoms with E-state index in [2.05, 4.69) is 23.8 Å². The van der Waals surface area contributed by atoms with Crippen LogP contribution in [0.2, 0.25) is 0 Å². The summed E-state index contributed by atoms with van der Waals surface area (Å²) in [5, 5.41) is 13.1. The quantitative estimate of drug-likeness (QED) is 0.0888. The molecule has 2 atom stereocenters. The Kier molecular flexibility index (Phi) is 22.9. The van der Waals surface area contributed by atoms with Crippen molar-refractivity contribution in [1.82, 2.24) is 5.32 Å². The average molecular weight is 491 g/mol. The van der Waals surface area contributed by atoms with Crippen LogP contribution in [0.3, 0.4) is 0 Å². The van der Waals surface area contributed by atoms with Crippen molar-refractivity contribution in [3.63, 3.8) is 0 Å². The molecule has 0 amide bonds. The number of hydrogen-bond acceptors (Lipinski definition) is 3. The Morgan fingerprint density at radius 1 is 0.686 bits per heavy atom. The Labute approximate surface area is 220 Å². The zero-order valence-corrected chi connectivity index (χ0v) is 23.7. The summed E-state index contributed by atoms with van der Waals surface area (Å²) in [7, 11) is 0. The van der Waals surface area contributed by atoms with Crippen molar-refractivity contribution in [2.24, 2.45) is 4.99 Å². The smallest absolute Gasteiger partial charge is 0.130 e. The number of amidine groups is 1. The molecular weight excluding hydrogens is 428 g/mol. The maximum atomic E-state index is 9.73. The predicted octanol–water partition coefficient (Wildman–Crippen LogP) is 9.68. The summed E-state index contributed by atoms with van der Waals surface area (Å²) in [6.07, 6.45) is 36.5. The Morgan fingerprint density at radius 2 is 1.03 bits per heavy atom. The van der Waals surface area contributed by atoms with Crippen LogP contribution in [0.5, 0.6) is 0 Å². The van der Waals surface area contributed by atoms with Gasteiger partial charge in [-0.3, -0.25) is 4.99 Å². The molecule has 0 aromatic rings. The highest BCUT2D eigenvalue weighted by molar-refractivity contribution is 5.89. The van der Waals surface area contributed by atoms with E-state index in [0.717, 1.165) is 13.0 Å². The van der Waals surface area contributed by atoms with Crippen molar-refractivity contribution in [1.29, 1.82) is 0 Å². The lowest BCUT2D eigenvalue weighted by Crippen LogP contribution is -2.36. The highest BCUT2D eigenvalue weighted by atomic mass is 16.3. The van der Waals surface area contributed by atoms with Gasteiger partial charge in [0.1, 0.15) is 11.9 Å². The van der Waals surface area contributed by atoms with Gasteiger partial charge in [0.25, 0.3) is 0 Å². The minimum Gasteiger partial charge on any atom is -0.381 e. The highest BCUT2D eigenvalue weighted by Crippen LogP contribution is 2.16. The number of nitrogens with one attached hydrogen (secondary N) is 1. The summed E-state index contributed by atoms with van der Waals surface area (Å²) >= 11 is 0. The fourth-order valence-corrected chi connectivity index (χ4v) is 5.32. The van der Waals surface area contributed by atoms with Crippen molar-refractivity contribution in [3.05, 3.63) is 12.7 Å². The molecular formula is C32H62N2O. The number of rotatable bonds is 27. The average Bonchev–Trinajstić information content (AvgIpc) is 3.35. The van der Waals surface area contributed by atoms with E-state index < -0.39 is 6.10 Å². The van der Waals surface area contributed by atoms with Gasteiger partial charge in [0, 0.05) is 6.04 Å². The van der Waals surface area contributed by atoms with E-state index in [1.807, 2.05) is 0 Å². The van der Waals surface area contributed by atoms with Crippen LogP contribution in [0.25, 0.3) is 0 Å². The third kappa shape index (κ3) is 20.0. The van der Waals surface area contributed by atoms with Crippen molar-refractivity contribution >= 4 is 5.84 Å². The molecule has 0 fully saturated rings. The van der Waals surface area contributed by atoms with Gasteiger partial charge in [-0.05, 0) is 6.42 Å². The molecule has 1 aliphatic heterocycles. The standard InChI is InChI=1S/C32H62N2O/c1-3-5-6-7-8-9-10-11-12-13-14-15-16-17-18-19-20-21-22-23-24-25-26-27-28-30-29-33-32(34-30)31(35)4-2/h4,30-31,35H,2-3,5-29H2,1H3,(H,33,34). The first-order valence-corrected chi connectivity index (χ1v) is 15.9. The molecule has 0 saturated carbocycles. The third-order valence-electron chi connectivity index (χ3n) is 7.74. The van der Waals surface area contributed by atoms with Gasteiger partial charge in [-0.25, -0.2) is 0 Å². The first-order chi connectivity index (χ1) is 17.3. The minimum atomic E-state index is -0.626. The van der Waals surface area contributed by atoms with Crippen LogP contribution < -0.4 is 5.32 Å². The van der Waals surface area contributed by atoms with Gasteiger partial charge in [-0.15, -0.1) is 6.58 Å². The summed E-state index contributed by atoms with van der Waals surface area (Å²) in [5.41, 5.74) is 0. The Hall–Kier alpha value is -0.830. The number of aliphatic hydroxyl groups is 1. The van der Waals surface area contributed by atoms with Gasteiger partial charge in [-0.2, -0.15) is 0 Å². The first-order valence-electron chi connectivity index (χ1n) is 15.9. The van der Waals surface area contributed by atoms with Crippen molar-refractivity contribution in [2.75, 3.05) is 6.54 Å². The largest absolute Gasteiger partial charge is 0.381 e. The molecule has 35 heavy (non-hydrogen) atoms. The molecule has 2 unspecified atom stereocenters. The topological polar surface area (TPSA) is 44.6 Å². The van der Waals surface area contributed by atoms with Gasteiger partial charge in [0.15, 0.2) is 0 Å². The van der Waals surface area contributed by atoms with Crippen molar-refractivity contribution < 1.29 is 5.11 Å². The zero-order valence-electron chi connectivity index (χ0n) is 23.7. The van der Waals surface area contributed by atoms with E-state index >= 15 is 0 Å². The first kappa shape index (κ1) is 32.2. The maximum Gasteiger partial charge on any atom is 0.130 e. The SMILES string of the molecule is C=CC(O)C1=NCC(CCCCCCCCCCCCCCCCCCCCCCCCCC)N1. The summed E-state index contributed by atoms with van der Waals surface area (Å²) in [6.45, 7) is 6.73. The summed E-state index contributed by atoms with van der Waals surface area (Å²) in [5.74, 6) is 0.703. The van der Waals surface area contributed by atoms with Crippen LogP contribution in [0.4, 0.5) is 0 Å². The molecule has 0 aromatic carbocycles. The molecule has 0 bridgehead atoms. The fourth-order valence-electron chi connectivity index (χ4n) is 5.32. The lowest BCUT2D eigenvalue weighted by molar-refractivity contribution is 0.285. The van der Waals surface area contributed by atoms with Crippen LogP contribution >= 0.6 is 0 Å². The molecule has 3 heteroatoms. The molecule has 0 aromatic heterocycles. The van der Waals surface area contributed by atoms with Gasteiger partial charge in [0.2, 0.25) is 0 Å². The summed E-state index contributed by atoms with van der Waals surface area (Å²) in [4.78, 5) is 4.38. The van der Waals surface area contributed by atoms with E-state index in [4.69, 9.17) is 0 Å². The molecule has 1 aliphatic rings. The van der Waals surface area contributed by atoms with Gasteiger partial charge in [0.05, 0.1) is 6.54 Å². The number of nitrogens with zero attached hydrogens (tertiary/aromatic N) is 1. The number of aliphatic hydroxyl groups excluding tert-OH is 1. The summed E-state index contributed by atoms with van der Waals surface area (Å²) < 4.78 is 0. The monoisotopic (exact) mass is 490 g/mol. The van der Waals surface area contributed by atoms with Crippen molar-refractivity contribution in [3.8, 4) is 0 Å². The van der Waals surface area contributed by atoms with Crippen LogP contribution in [0.1, 0.15) is 167 Å².